The van der Waals surface area contributed by atoms with Crippen LogP contribution in [-0.2, 0) is 4.74 Å². The van der Waals surface area contributed by atoms with E-state index < -0.39 is 0 Å². The molecule has 0 bridgehead atoms. The normalized spacial score (nSPS) is 18.0. The molecule has 154 valence electrons. The Kier molecular flexibility index (Phi) is 5.92. The Bertz CT molecular complexity index is 860. The van der Waals surface area contributed by atoms with Crippen molar-refractivity contribution in [2.45, 2.75) is 6.92 Å². The van der Waals surface area contributed by atoms with Crippen molar-refractivity contribution in [3.05, 3.63) is 41.7 Å². The minimum absolute atomic E-state index is 0.0342. The zero-order chi connectivity index (χ0) is 20.2. The summed E-state index contributed by atoms with van der Waals surface area (Å²) in [6, 6.07) is 9.87. The number of anilines is 3. The first-order chi connectivity index (χ1) is 14.1. The molecule has 2 aliphatic heterocycles. The second-order valence-corrected chi connectivity index (χ2v) is 7.56. The van der Waals surface area contributed by atoms with Crippen LogP contribution in [0, 0.1) is 6.92 Å². The van der Waals surface area contributed by atoms with Gasteiger partial charge in [-0.15, -0.1) is 0 Å². The molecule has 4 rings (SSSR count). The van der Waals surface area contributed by atoms with Gasteiger partial charge in [0.15, 0.2) is 0 Å². The van der Waals surface area contributed by atoms with Gasteiger partial charge in [-0.05, 0) is 32.2 Å². The van der Waals surface area contributed by atoms with Crippen LogP contribution in [0.1, 0.15) is 16.2 Å². The number of nitrogens with zero attached hydrogens (tertiary/aromatic N) is 5. The monoisotopic (exact) mass is 396 g/mol. The van der Waals surface area contributed by atoms with Gasteiger partial charge in [-0.3, -0.25) is 4.79 Å². The van der Waals surface area contributed by atoms with Crippen LogP contribution >= 0.6 is 0 Å². The number of likely N-dealkylation sites (N-methyl/N-ethyl adjacent to an activating group) is 1. The predicted molar refractivity (Wildman–Crippen MR) is 113 cm³/mol. The van der Waals surface area contributed by atoms with E-state index in [0.29, 0.717) is 11.6 Å². The van der Waals surface area contributed by atoms with Crippen LogP contribution in [0.5, 0.6) is 0 Å². The fourth-order valence-electron chi connectivity index (χ4n) is 3.69. The highest BCUT2D eigenvalue weighted by atomic mass is 16.5. The van der Waals surface area contributed by atoms with Gasteiger partial charge in [0, 0.05) is 45.0 Å². The van der Waals surface area contributed by atoms with Crippen LogP contribution in [0.15, 0.2) is 30.3 Å². The molecule has 29 heavy (non-hydrogen) atoms. The molecule has 1 aromatic carbocycles. The molecule has 2 aromatic rings. The average Bonchev–Trinajstić information content (AvgIpc) is 2.74. The molecule has 0 unspecified atom stereocenters. The Morgan fingerprint density at radius 2 is 1.76 bits per heavy atom. The summed E-state index contributed by atoms with van der Waals surface area (Å²) in [7, 11) is 2.07. The Balaban J connectivity index is 1.55. The van der Waals surface area contributed by atoms with Gasteiger partial charge in [0.05, 0.1) is 24.6 Å². The quantitative estimate of drug-likeness (QED) is 0.844. The van der Waals surface area contributed by atoms with Gasteiger partial charge in [-0.2, -0.15) is 0 Å². The molecule has 1 amide bonds. The Labute approximate surface area is 171 Å². The van der Waals surface area contributed by atoms with E-state index in [4.69, 9.17) is 4.74 Å². The van der Waals surface area contributed by atoms with Crippen molar-refractivity contribution in [1.29, 1.82) is 0 Å². The maximum absolute atomic E-state index is 12.9. The van der Waals surface area contributed by atoms with Crippen LogP contribution in [0.3, 0.4) is 0 Å². The smallest absolute Gasteiger partial charge is 0.272 e. The number of nitrogens with one attached hydrogen (secondary N) is 1. The molecular formula is C21H28N6O2. The van der Waals surface area contributed by atoms with E-state index in [9.17, 15) is 4.79 Å². The Morgan fingerprint density at radius 3 is 2.52 bits per heavy atom. The fourth-order valence-corrected chi connectivity index (χ4v) is 3.69. The Morgan fingerprint density at radius 1 is 1.03 bits per heavy atom. The van der Waals surface area contributed by atoms with Crippen molar-refractivity contribution in [2.24, 2.45) is 0 Å². The SMILES string of the molecule is Cc1cc(C(=O)N2CCN(C)CC2)nc(Nc2ccccc2N2CCOCC2)n1. The van der Waals surface area contributed by atoms with E-state index in [2.05, 4.69) is 38.2 Å². The molecule has 0 saturated carbocycles. The minimum Gasteiger partial charge on any atom is -0.378 e. The third kappa shape index (κ3) is 4.65. The number of hydrogen-bond acceptors (Lipinski definition) is 7. The number of aryl methyl sites for hydroxylation is 1. The number of piperazine rings is 1. The topological polar surface area (TPSA) is 73.8 Å². The van der Waals surface area contributed by atoms with E-state index in [1.165, 1.54) is 0 Å². The van der Waals surface area contributed by atoms with Crippen molar-refractivity contribution in [3.8, 4) is 0 Å². The minimum atomic E-state index is -0.0342. The second-order valence-electron chi connectivity index (χ2n) is 7.56. The van der Waals surface area contributed by atoms with Gasteiger partial charge in [-0.1, -0.05) is 12.1 Å². The van der Waals surface area contributed by atoms with Gasteiger partial charge in [-0.25, -0.2) is 9.97 Å². The molecule has 1 aromatic heterocycles. The largest absolute Gasteiger partial charge is 0.378 e. The number of carbonyl (C=O) groups is 1. The number of benzene rings is 1. The number of carbonyl (C=O) groups excluding carboxylic acids is 1. The predicted octanol–water partition coefficient (Wildman–Crippen LogP) is 1.75. The standard InChI is InChI=1S/C21H28N6O2/c1-16-15-18(20(28)27-9-7-25(2)8-10-27)24-21(22-16)23-17-5-3-4-6-19(17)26-11-13-29-14-12-26/h3-6,15H,7-14H2,1-2H3,(H,22,23,24). The first-order valence-electron chi connectivity index (χ1n) is 10.1. The molecule has 2 fully saturated rings. The van der Waals surface area contributed by atoms with Crippen LogP contribution in [-0.4, -0.2) is 85.2 Å². The lowest BCUT2D eigenvalue weighted by atomic mass is 10.2. The van der Waals surface area contributed by atoms with Crippen molar-refractivity contribution < 1.29 is 9.53 Å². The number of para-hydroxylation sites is 2. The lowest BCUT2D eigenvalue weighted by molar-refractivity contribution is 0.0658. The average molecular weight is 396 g/mol. The Hall–Kier alpha value is -2.71. The summed E-state index contributed by atoms with van der Waals surface area (Å²) < 4.78 is 5.47. The summed E-state index contributed by atoms with van der Waals surface area (Å²) in [5.41, 5.74) is 3.23. The molecule has 0 aliphatic carbocycles. The third-order valence-electron chi connectivity index (χ3n) is 5.37. The van der Waals surface area contributed by atoms with Gasteiger partial charge in [0.1, 0.15) is 5.69 Å². The molecule has 8 nitrogen and oxygen atoms in total. The van der Waals surface area contributed by atoms with Gasteiger partial charge in [0.2, 0.25) is 5.95 Å². The lowest BCUT2D eigenvalue weighted by Crippen LogP contribution is -2.47. The molecular weight excluding hydrogens is 368 g/mol. The van der Waals surface area contributed by atoms with Crippen molar-refractivity contribution in [1.82, 2.24) is 19.8 Å². The van der Waals surface area contributed by atoms with Crippen molar-refractivity contribution >= 4 is 23.2 Å². The number of hydrogen-bond donors (Lipinski definition) is 1. The van der Waals surface area contributed by atoms with E-state index in [1.807, 2.05) is 30.0 Å². The van der Waals surface area contributed by atoms with Crippen LogP contribution < -0.4 is 10.2 Å². The summed E-state index contributed by atoms with van der Waals surface area (Å²) in [5.74, 6) is 0.413. The van der Waals surface area contributed by atoms with E-state index >= 15 is 0 Å². The third-order valence-corrected chi connectivity index (χ3v) is 5.37. The second kappa shape index (κ2) is 8.75. The molecule has 3 heterocycles. The molecule has 2 aliphatic rings. The highest BCUT2D eigenvalue weighted by Gasteiger charge is 2.22. The maximum Gasteiger partial charge on any atom is 0.272 e. The highest BCUT2D eigenvalue weighted by molar-refractivity contribution is 5.93. The fraction of sp³-hybridized carbons (Fsp3) is 0.476. The van der Waals surface area contributed by atoms with Gasteiger partial charge < -0.3 is 24.8 Å². The number of amides is 1. The van der Waals surface area contributed by atoms with Gasteiger partial charge >= 0.3 is 0 Å². The van der Waals surface area contributed by atoms with Crippen LogP contribution in [0.25, 0.3) is 0 Å². The lowest BCUT2D eigenvalue weighted by Gasteiger charge is -2.32. The van der Waals surface area contributed by atoms with E-state index in [-0.39, 0.29) is 5.91 Å². The molecule has 2 saturated heterocycles. The van der Waals surface area contributed by atoms with E-state index in [0.717, 1.165) is 69.6 Å². The molecule has 0 atom stereocenters. The van der Waals surface area contributed by atoms with Crippen LogP contribution in [0.4, 0.5) is 17.3 Å². The zero-order valence-electron chi connectivity index (χ0n) is 17.1. The van der Waals surface area contributed by atoms with Gasteiger partial charge in [0.25, 0.3) is 5.91 Å². The van der Waals surface area contributed by atoms with E-state index in [1.54, 1.807) is 6.07 Å². The molecule has 8 heteroatoms. The van der Waals surface area contributed by atoms with Crippen LogP contribution in [0.2, 0.25) is 0 Å². The van der Waals surface area contributed by atoms with Crippen molar-refractivity contribution in [3.63, 3.8) is 0 Å². The first kappa shape index (κ1) is 19.6. The summed E-state index contributed by atoms with van der Waals surface area (Å²) in [4.78, 5) is 28.4. The summed E-state index contributed by atoms with van der Waals surface area (Å²) in [6.07, 6.45) is 0. The summed E-state index contributed by atoms with van der Waals surface area (Å²) in [5, 5.41) is 3.33. The maximum atomic E-state index is 12.9. The molecule has 0 radical (unpaired) electrons. The number of morpholine rings is 1. The highest BCUT2D eigenvalue weighted by Crippen LogP contribution is 2.28. The summed E-state index contributed by atoms with van der Waals surface area (Å²) >= 11 is 0. The summed E-state index contributed by atoms with van der Waals surface area (Å²) in [6.45, 7) is 8.24. The zero-order valence-corrected chi connectivity index (χ0v) is 17.1. The molecule has 1 N–H and O–H groups in total. The number of aromatic nitrogens is 2. The number of rotatable bonds is 4. The molecule has 0 spiro atoms. The number of ether oxygens (including phenoxy) is 1. The van der Waals surface area contributed by atoms with Crippen molar-refractivity contribution in [2.75, 3.05) is 69.7 Å². The first-order valence-corrected chi connectivity index (χ1v) is 10.1.